The predicted molar refractivity (Wildman–Crippen MR) is 111 cm³/mol. The molecule has 0 saturated carbocycles. The lowest BCUT2D eigenvalue weighted by Gasteiger charge is -2.16. The van der Waals surface area contributed by atoms with Crippen molar-refractivity contribution >= 4 is 41.5 Å². The van der Waals surface area contributed by atoms with Crippen molar-refractivity contribution in [1.82, 2.24) is 20.4 Å². The summed E-state index contributed by atoms with van der Waals surface area (Å²) in [5.74, 6) is 1.29. The van der Waals surface area contributed by atoms with E-state index < -0.39 is 0 Å². The summed E-state index contributed by atoms with van der Waals surface area (Å²) >= 11 is 5.89. The lowest BCUT2D eigenvalue weighted by atomic mass is 10.1. The maximum atomic E-state index is 5.89. The molecule has 7 heteroatoms. The monoisotopic (exact) mass is 461 g/mol. The smallest absolute Gasteiger partial charge is 0.190 e. The molecule has 1 atom stereocenters. The summed E-state index contributed by atoms with van der Waals surface area (Å²) < 4.78 is 1.95. The first-order valence-electron chi connectivity index (χ1n) is 7.83. The van der Waals surface area contributed by atoms with Gasteiger partial charge in [0, 0.05) is 44.1 Å². The fourth-order valence-corrected chi connectivity index (χ4v) is 2.39. The van der Waals surface area contributed by atoms with Gasteiger partial charge in [-0.3, -0.25) is 9.67 Å². The average Bonchev–Trinajstić information content (AvgIpc) is 3.05. The number of halogens is 2. The van der Waals surface area contributed by atoms with Gasteiger partial charge in [-0.2, -0.15) is 5.10 Å². The number of hydrogen-bond donors (Lipinski definition) is 2. The van der Waals surface area contributed by atoms with Crippen LogP contribution in [0.25, 0.3) is 0 Å². The molecule has 0 radical (unpaired) electrons. The molecular weight excluding hydrogens is 437 g/mol. The highest BCUT2D eigenvalue weighted by molar-refractivity contribution is 14.0. The fourth-order valence-electron chi connectivity index (χ4n) is 2.26. The first kappa shape index (κ1) is 20.8. The molecule has 24 heavy (non-hydrogen) atoms. The van der Waals surface area contributed by atoms with Crippen molar-refractivity contribution in [3.8, 4) is 0 Å². The molecule has 2 aromatic rings. The number of guanidine groups is 1. The van der Waals surface area contributed by atoms with Crippen molar-refractivity contribution in [1.29, 1.82) is 0 Å². The zero-order chi connectivity index (χ0) is 16.5. The SMILES string of the molecule is CN=C(NCCc1ccc(Cl)cc1)NCC(C)Cn1cccn1.I. The number of aliphatic imine (C=N–C) groups is 1. The Bertz CT molecular complexity index is 598. The van der Waals surface area contributed by atoms with E-state index in [0.29, 0.717) is 5.92 Å². The maximum absolute atomic E-state index is 5.89. The first-order valence-corrected chi connectivity index (χ1v) is 8.21. The van der Waals surface area contributed by atoms with Crippen LogP contribution in [0.3, 0.4) is 0 Å². The van der Waals surface area contributed by atoms with E-state index >= 15 is 0 Å². The van der Waals surface area contributed by atoms with E-state index in [9.17, 15) is 0 Å². The van der Waals surface area contributed by atoms with Crippen LogP contribution in [0.15, 0.2) is 47.7 Å². The van der Waals surface area contributed by atoms with Crippen LogP contribution < -0.4 is 10.6 Å². The van der Waals surface area contributed by atoms with Crippen LogP contribution in [-0.2, 0) is 13.0 Å². The third-order valence-corrected chi connectivity index (χ3v) is 3.77. The van der Waals surface area contributed by atoms with Crippen molar-refractivity contribution in [2.75, 3.05) is 20.1 Å². The molecule has 132 valence electrons. The van der Waals surface area contributed by atoms with E-state index in [2.05, 4.69) is 27.6 Å². The van der Waals surface area contributed by atoms with Crippen molar-refractivity contribution in [3.05, 3.63) is 53.3 Å². The molecule has 1 heterocycles. The van der Waals surface area contributed by atoms with Crippen LogP contribution in [-0.4, -0.2) is 35.9 Å². The van der Waals surface area contributed by atoms with E-state index in [4.69, 9.17) is 11.6 Å². The molecule has 0 amide bonds. The number of nitrogens with one attached hydrogen (secondary N) is 2. The maximum Gasteiger partial charge on any atom is 0.190 e. The molecule has 5 nitrogen and oxygen atoms in total. The highest BCUT2D eigenvalue weighted by Gasteiger charge is 2.05. The molecular formula is C17H25ClIN5. The Morgan fingerprint density at radius 3 is 2.67 bits per heavy atom. The van der Waals surface area contributed by atoms with Gasteiger partial charge < -0.3 is 10.6 Å². The minimum atomic E-state index is 0. The summed E-state index contributed by atoms with van der Waals surface area (Å²) in [6.45, 7) is 4.76. The average molecular weight is 462 g/mol. The van der Waals surface area contributed by atoms with Crippen LogP contribution in [0, 0.1) is 5.92 Å². The zero-order valence-corrected chi connectivity index (χ0v) is 17.2. The summed E-state index contributed by atoms with van der Waals surface area (Å²) in [6.07, 6.45) is 4.72. The molecule has 0 aliphatic rings. The quantitative estimate of drug-likeness (QED) is 0.378. The van der Waals surface area contributed by atoms with Gasteiger partial charge in [0.05, 0.1) is 0 Å². The highest BCUT2D eigenvalue weighted by Crippen LogP contribution is 2.09. The highest BCUT2D eigenvalue weighted by atomic mass is 127. The van der Waals surface area contributed by atoms with E-state index in [-0.39, 0.29) is 24.0 Å². The Balaban J connectivity index is 0.00000288. The minimum absolute atomic E-state index is 0. The topological polar surface area (TPSA) is 54.2 Å². The normalized spacial score (nSPS) is 12.4. The van der Waals surface area contributed by atoms with E-state index in [1.807, 2.05) is 41.2 Å². The molecule has 0 saturated heterocycles. The van der Waals surface area contributed by atoms with Crippen LogP contribution in [0.1, 0.15) is 12.5 Å². The largest absolute Gasteiger partial charge is 0.356 e. The Morgan fingerprint density at radius 2 is 2.04 bits per heavy atom. The van der Waals surface area contributed by atoms with Gasteiger partial charge in [0.1, 0.15) is 0 Å². The van der Waals surface area contributed by atoms with Gasteiger partial charge in [-0.05, 0) is 36.1 Å². The lowest BCUT2D eigenvalue weighted by Crippen LogP contribution is -2.40. The fraction of sp³-hybridized carbons (Fsp3) is 0.412. The molecule has 0 aliphatic heterocycles. The molecule has 0 fully saturated rings. The number of benzene rings is 1. The molecule has 2 N–H and O–H groups in total. The molecule has 2 rings (SSSR count). The van der Waals surface area contributed by atoms with Gasteiger partial charge in [-0.15, -0.1) is 24.0 Å². The van der Waals surface area contributed by atoms with E-state index in [1.54, 1.807) is 13.2 Å². The third kappa shape index (κ3) is 7.53. The number of nitrogens with zero attached hydrogens (tertiary/aromatic N) is 3. The summed E-state index contributed by atoms with van der Waals surface area (Å²) in [6, 6.07) is 9.87. The second-order valence-corrected chi connectivity index (χ2v) is 6.03. The van der Waals surface area contributed by atoms with Crippen LogP contribution in [0.2, 0.25) is 5.02 Å². The predicted octanol–water partition coefficient (Wildman–Crippen LogP) is 3.20. The van der Waals surface area contributed by atoms with E-state index in [1.165, 1.54) is 5.56 Å². The second-order valence-electron chi connectivity index (χ2n) is 5.59. The van der Waals surface area contributed by atoms with Crippen LogP contribution in [0.5, 0.6) is 0 Å². The van der Waals surface area contributed by atoms with Crippen LogP contribution >= 0.6 is 35.6 Å². The van der Waals surface area contributed by atoms with Gasteiger partial charge in [-0.25, -0.2) is 0 Å². The standard InChI is InChI=1S/C17H24ClN5.HI/c1-14(13-23-11-3-9-22-23)12-21-17(19-2)20-10-8-15-4-6-16(18)7-5-15;/h3-7,9,11,14H,8,10,12-13H2,1-2H3,(H2,19,20,21);1H. The Morgan fingerprint density at radius 1 is 1.29 bits per heavy atom. The summed E-state index contributed by atoms with van der Waals surface area (Å²) in [5.41, 5.74) is 1.25. The van der Waals surface area contributed by atoms with Crippen molar-refractivity contribution in [2.24, 2.45) is 10.9 Å². The van der Waals surface area contributed by atoms with Gasteiger partial charge in [-0.1, -0.05) is 30.7 Å². The second kappa shape index (κ2) is 11.3. The lowest BCUT2D eigenvalue weighted by molar-refractivity contribution is 0.443. The van der Waals surface area contributed by atoms with Crippen molar-refractivity contribution in [3.63, 3.8) is 0 Å². The van der Waals surface area contributed by atoms with Crippen molar-refractivity contribution in [2.45, 2.75) is 19.9 Å². The number of rotatable bonds is 7. The van der Waals surface area contributed by atoms with Gasteiger partial charge in [0.25, 0.3) is 0 Å². The molecule has 1 unspecified atom stereocenters. The Labute approximate surface area is 165 Å². The van der Waals surface area contributed by atoms with Gasteiger partial charge in [0.2, 0.25) is 0 Å². The molecule has 1 aromatic carbocycles. The number of hydrogen-bond acceptors (Lipinski definition) is 2. The molecule has 1 aromatic heterocycles. The molecule has 0 aliphatic carbocycles. The van der Waals surface area contributed by atoms with Crippen LogP contribution in [0.4, 0.5) is 0 Å². The zero-order valence-electron chi connectivity index (χ0n) is 14.1. The minimum Gasteiger partial charge on any atom is -0.356 e. The summed E-state index contributed by atoms with van der Waals surface area (Å²) in [4.78, 5) is 4.25. The summed E-state index contributed by atoms with van der Waals surface area (Å²) in [7, 11) is 1.79. The Hall–Kier alpha value is -1.28. The van der Waals surface area contributed by atoms with Gasteiger partial charge >= 0.3 is 0 Å². The number of aromatic nitrogens is 2. The van der Waals surface area contributed by atoms with Gasteiger partial charge in [0.15, 0.2) is 5.96 Å². The first-order chi connectivity index (χ1) is 11.2. The third-order valence-electron chi connectivity index (χ3n) is 3.52. The molecule has 0 spiro atoms. The summed E-state index contributed by atoms with van der Waals surface area (Å²) in [5, 5.41) is 11.7. The van der Waals surface area contributed by atoms with E-state index in [0.717, 1.165) is 37.0 Å². The Kier molecular flexibility index (Phi) is 9.78. The molecule has 0 bridgehead atoms. The van der Waals surface area contributed by atoms with Crippen molar-refractivity contribution < 1.29 is 0 Å².